The van der Waals surface area contributed by atoms with E-state index in [1.165, 1.54) is 0 Å². The maximum atomic E-state index is 12.7. The second-order valence-corrected chi connectivity index (χ2v) is 7.27. The van der Waals surface area contributed by atoms with Gasteiger partial charge in [-0.3, -0.25) is 4.79 Å². The molecule has 5 heteroatoms. The third-order valence-electron chi connectivity index (χ3n) is 4.93. The second-order valence-electron chi connectivity index (χ2n) is 7.27. The van der Waals surface area contributed by atoms with Gasteiger partial charge in [-0.15, -0.1) is 0 Å². The molecule has 0 saturated heterocycles. The van der Waals surface area contributed by atoms with Crippen molar-refractivity contribution >= 4 is 17.0 Å². The summed E-state index contributed by atoms with van der Waals surface area (Å²) in [5.74, 6) is 2.63. The topological polar surface area (TPSA) is 57.9 Å². The first kappa shape index (κ1) is 17.5. The molecule has 0 fully saturated rings. The van der Waals surface area contributed by atoms with E-state index in [2.05, 4.69) is 0 Å². The van der Waals surface area contributed by atoms with Crippen molar-refractivity contribution < 1.29 is 18.6 Å². The molecule has 140 valence electrons. The van der Waals surface area contributed by atoms with E-state index in [1.54, 1.807) is 26.4 Å². The van der Waals surface area contributed by atoms with Crippen LogP contribution in [0.4, 0.5) is 0 Å². The lowest BCUT2D eigenvalue weighted by molar-refractivity contribution is 0.159. The highest BCUT2D eigenvalue weighted by Gasteiger charge is 2.26. The van der Waals surface area contributed by atoms with Crippen molar-refractivity contribution in [2.75, 3.05) is 14.2 Å². The van der Waals surface area contributed by atoms with Crippen molar-refractivity contribution in [1.82, 2.24) is 0 Å². The molecule has 27 heavy (non-hydrogen) atoms. The Hall–Kier alpha value is -2.95. The third-order valence-corrected chi connectivity index (χ3v) is 4.93. The summed E-state index contributed by atoms with van der Waals surface area (Å²) in [7, 11) is 3.22. The van der Waals surface area contributed by atoms with Crippen LogP contribution in [0.1, 0.15) is 37.5 Å². The van der Waals surface area contributed by atoms with E-state index in [-0.39, 0.29) is 16.9 Å². The fourth-order valence-corrected chi connectivity index (χ4v) is 3.50. The molecule has 0 bridgehead atoms. The van der Waals surface area contributed by atoms with Crippen LogP contribution in [0.25, 0.3) is 17.0 Å². The van der Waals surface area contributed by atoms with Crippen LogP contribution in [-0.4, -0.2) is 19.8 Å². The minimum absolute atomic E-state index is 0.0684. The first-order valence-corrected chi connectivity index (χ1v) is 8.90. The van der Waals surface area contributed by atoms with Gasteiger partial charge in [0.25, 0.3) is 0 Å². The summed E-state index contributed by atoms with van der Waals surface area (Å²) < 4.78 is 23.0. The summed E-state index contributed by atoms with van der Waals surface area (Å²) >= 11 is 0. The predicted molar refractivity (Wildman–Crippen MR) is 104 cm³/mol. The van der Waals surface area contributed by atoms with Crippen molar-refractivity contribution in [1.29, 1.82) is 0 Å². The summed E-state index contributed by atoms with van der Waals surface area (Å²) in [4.78, 5) is 12.7. The molecule has 2 aliphatic rings. The fourth-order valence-electron chi connectivity index (χ4n) is 3.50. The normalized spacial score (nSPS) is 20.4. The van der Waals surface area contributed by atoms with E-state index in [0.29, 0.717) is 34.7 Å². The van der Waals surface area contributed by atoms with Gasteiger partial charge < -0.3 is 18.6 Å². The average Bonchev–Trinajstić information content (AvgIpc) is 2.66. The molecule has 0 amide bonds. The maximum Gasteiger partial charge on any atom is 0.192 e. The van der Waals surface area contributed by atoms with Crippen LogP contribution in [0.5, 0.6) is 5.75 Å². The molecular formula is C22H22O5. The highest BCUT2D eigenvalue weighted by Crippen LogP contribution is 2.37. The van der Waals surface area contributed by atoms with Gasteiger partial charge in [0.15, 0.2) is 11.2 Å². The van der Waals surface area contributed by atoms with Gasteiger partial charge >= 0.3 is 0 Å². The Kier molecular flexibility index (Phi) is 4.10. The number of ether oxygens (including phenoxy) is 3. The van der Waals surface area contributed by atoms with Crippen molar-refractivity contribution in [3.8, 4) is 5.75 Å². The van der Waals surface area contributed by atoms with Gasteiger partial charge in [-0.05, 0) is 44.2 Å². The minimum Gasteiger partial charge on any atom is -0.497 e. The quantitative estimate of drug-likeness (QED) is 0.799. The highest BCUT2D eigenvalue weighted by molar-refractivity contribution is 5.89. The summed E-state index contributed by atoms with van der Waals surface area (Å²) in [6.45, 7) is 3.98. The van der Waals surface area contributed by atoms with Crippen LogP contribution in [0.2, 0.25) is 0 Å². The number of allylic oxidation sites excluding steroid dienone is 3. The number of benzene rings is 1. The lowest BCUT2D eigenvalue weighted by atomic mass is 9.94. The second kappa shape index (κ2) is 6.34. The van der Waals surface area contributed by atoms with Gasteiger partial charge in [-0.25, -0.2) is 0 Å². The zero-order valence-corrected chi connectivity index (χ0v) is 15.9. The molecule has 1 aromatic carbocycles. The Balaban J connectivity index is 1.82. The average molecular weight is 366 g/mol. The Morgan fingerprint density at radius 2 is 1.96 bits per heavy atom. The number of hydrogen-bond donors (Lipinski definition) is 0. The van der Waals surface area contributed by atoms with E-state index in [4.69, 9.17) is 18.6 Å². The summed E-state index contributed by atoms with van der Waals surface area (Å²) in [6.07, 6.45) is 8.32. The van der Waals surface area contributed by atoms with E-state index in [9.17, 15) is 4.79 Å². The Labute approximate surface area is 157 Å². The molecule has 2 aromatic rings. The minimum atomic E-state index is -0.389. The van der Waals surface area contributed by atoms with Crippen LogP contribution < -0.4 is 10.2 Å². The van der Waals surface area contributed by atoms with Crippen LogP contribution in [-0.2, 0) is 9.47 Å². The predicted octanol–water partition coefficient (Wildman–Crippen LogP) is 4.53. The van der Waals surface area contributed by atoms with Gasteiger partial charge in [0.2, 0.25) is 0 Å². The molecule has 1 aliphatic heterocycles. The van der Waals surface area contributed by atoms with E-state index < -0.39 is 0 Å². The molecule has 0 radical (unpaired) electrons. The van der Waals surface area contributed by atoms with Crippen LogP contribution in [0, 0.1) is 0 Å². The molecule has 5 nitrogen and oxygen atoms in total. The van der Waals surface area contributed by atoms with Crippen molar-refractivity contribution in [3.63, 3.8) is 0 Å². The molecular weight excluding hydrogens is 344 g/mol. The van der Waals surface area contributed by atoms with Crippen molar-refractivity contribution in [2.45, 2.75) is 31.8 Å². The standard InChI is InChI=1S/C22H22O5/c1-22(2)10-9-15-17(27-22)8-6-14-16(23)12-19(26-21(14)15)13-5-7-18(24-3)20(11-13)25-4/h5-10,12-13H,11H2,1-4H3. The lowest BCUT2D eigenvalue weighted by Crippen LogP contribution is -2.27. The lowest BCUT2D eigenvalue weighted by Gasteiger charge is -2.28. The molecule has 1 atom stereocenters. The summed E-state index contributed by atoms with van der Waals surface area (Å²) in [5, 5.41) is 0.547. The molecule has 0 N–H and O–H groups in total. The van der Waals surface area contributed by atoms with Gasteiger partial charge in [-0.2, -0.15) is 0 Å². The van der Waals surface area contributed by atoms with Gasteiger partial charge in [-0.1, -0.05) is 6.08 Å². The van der Waals surface area contributed by atoms with E-state index >= 15 is 0 Å². The zero-order chi connectivity index (χ0) is 19.2. The zero-order valence-electron chi connectivity index (χ0n) is 15.9. The number of rotatable bonds is 3. The fraction of sp³-hybridized carbons (Fsp3) is 0.318. The molecule has 1 aromatic heterocycles. The number of fused-ring (bicyclic) bond motifs is 3. The van der Waals surface area contributed by atoms with Gasteiger partial charge in [0, 0.05) is 18.4 Å². The molecule has 2 heterocycles. The Bertz CT molecular complexity index is 1050. The smallest absolute Gasteiger partial charge is 0.192 e. The number of hydrogen-bond acceptors (Lipinski definition) is 5. The monoisotopic (exact) mass is 366 g/mol. The first-order chi connectivity index (χ1) is 12.9. The van der Waals surface area contributed by atoms with E-state index in [1.807, 2.05) is 44.2 Å². The molecule has 0 saturated carbocycles. The van der Waals surface area contributed by atoms with Crippen LogP contribution in [0.3, 0.4) is 0 Å². The van der Waals surface area contributed by atoms with Crippen molar-refractivity contribution in [2.24, 2.45) is 0 Å². The SMILES string of the molecule is COC1=C(OC)CC(c2cc(=O)c3ccc4c(c3o2)C=CC(C)(C)O4)C=C1. The number of methoxy groups -OCH3 is 2. The third kappa shape index (κ3) is 3.03. The molecule has 4 rings (SSSR count). The van der Waals surface area contributed by atoms with Crippen molar-refractivity contribution in [3.05, 3.63) is 69.5 Å². The first-order valence-electron chi connectivity index (χ1n) is 8.90. The van der Waals surface area contributed by atoms with Gasteiger partial charge in [0.1, 0.15) is 28.5 Å². The maximum absolute atomic E-state index is 12.7. The van der Waals surface area contributed by atoms with Crippen LogP contribution in [0.15, 0.2) is 57.2 Å². The molecule has 1 unspecified atom stereocenters. The highest BCUT2D eigenvalue weighted by atomic mass is 16.5. The molecule has 0 spiro atoms. The van der Waals surface area contributed by atoms with Gasteiger partial charge in [0.05, 0.1) is 25.2 Å². The van der Waals surface area contributed by atoms with Crippen LogP contribution >= 0.6 is 0 Å². The summed E-state index contributed by atoms with van der Waals surface area (Å²) in [6, 6.07) is 5.15. The summed E-state index contributed by atoms with van der Waals surface area (Å²) in [5.41, 5.74) is 0.891. The molecule has 1 aliphatic carbocycles. The Morgan fingerprint density at radius 3 is 2.70 bits per heavy atom. The van der Waals surface area contributed by atoms with E-state index in [0.717, 1.165) is 11.3 Å². The largest absolute Gasteiger partial charge is 0.497 e. The Morgan fingerprint density at radius 1 is 1.15 bits per heavy atom.